The minimum absolute atomic E-state index is 0.0117. The summed E-state index contributed by atoms with van der Waals surface area (Å²) in [7, 11) is 4.14. The van der Waals surface area contributed by atoms with Crippen LogP contribution in [0.1, 0.15) is 25.1 Å². The van der Waals surface area contributed by atoms with Crippen LogP contribution in [0.5, 0.6) is 6.01 Å². The minimum atomic E-state index is -0.0750. The minimum Gasteiger partial charge on any atom is -0.463 e. The third-order valence-electron chi connectivity index (χ3n) is 8.82. The second kappa shape index (κ2) is 11.9. The van der Waals surface area contributed by atoms with E-state index >= 15 is 0 Å². The smallest absolute Gasteiger partial charge is 0.318 e. The summed E-state index contributed by atoms with van der Waals surface area (Å²) < 4.78 is 12.0. The van der Waals surface area contributed by atoms with E-state index in [0.29, 0.717) is 45.5 Å². The van der Waals surface area contributed by atoms with Gasteiger partial charge in [0.25, 0.3) is 0 Å². The maximum absolute atomic E-state index is 12.6. The van der Waals surface area contributed by atoms with E-state index in [2.05, 4.69) is 73.5 Å². The molecule has 228 valence electrons. The number of carbonyl (C=O) groups excluding carboxylic acids is 1. The molecule has 6 rings (SSSR count). The molecule has 4 heterocycles. The van der Waals surface area contributed by atoms with Crippen molar-refractivity contribution in [3.63, 3.8) is 0 Å². The van der Waals surface area contributed by atoms with Gasteiger partial charge in [0.05, 0.1) is 35.9 Å². The number of hydrogen-bond acceptors (Lipinski definition) is 8. The van der Waals surface area contributed by atoms with E-state index in [9.17, 15) is 4.79 Å². The summed E-state index contributed by atoms with van der Waals surface area (Å²) in [6, 6.07) is 12.8. The molecule has 2 saturated heterocycles. The zero-order valence-corrected chi connectivity index (χ0v) is 26.3. The molecule has 3 aliphatic heterocycles. The van der Waals surface area contributed by atoms with E-state index in [4.69, 9.17) is 31.0 Å². The number of anilines is 2. The molecule has 10 heteroatoms. The van der Waals surface area contributed by atoms with Gasteiger partial charge in [0.2, 0.25) is 5.91 Å². The number of halogens is 1. The molecule has 1 aromatic heterocycles. The Morgan fingerprint density at radius 3 is 2.51 bits per heavy atom. The van der Waals surface area contributed by atoms with Crippen LogP contribution in [0.3, 0.4) is 0 Å². The Labute approximate surface area is 259 Å². The molecular weight excluding hydrogens is 564 g/mol. The Kier molecular flexibility index (Phi) is 8.24. The molecule has 2 atom stereocenters. The van der Waals surface area contributed by atoms with Crippen LogP contribution in [0.15, 0.2) is 49.1 Å². The van der Waals surface area contributed by atoms with Gasteiger partial charge in [0.15, 0.2) is 0 Å². The van der Waals surface area contributed by atoms with Crippen molar-refractivity contribution in [1.29, 1.82) is 0 Å². The summed E-state index contributed by atoms with van der Waals surface area (Å²) in [6.45, 7) is 13.3. The first-order valence-electron chi connectivity index (χ1n) is 15.0. The lowest BCUT2D eigenvalue weighted by molar-refractivity contribution is -0.140. The quantitative estimate of drug-likeness (QED) is 0.350. The molecule has 3 aliphatic rings. The first-order chi connectivity index (χ1) is 20.7. The third-order valence-corrected chi connectivity index (χ3v) is 9.13. The second-order valence-electron chi connectivity index (χ2n) is 12.6. The third kappa shape index (κ3) is 5.78. The molecule has 1 amide bonds. The average molecular weight is 605 g/mol. The fourth-order valence-corrected chi connectivity index (χ4v) is 7.27. The van der Waals surface area contributed by atoms with Gasteiger partial charge in [-0.1, -0.05) is 42.4 Å². The molecular formula is C33H41ClN6O3. The van der Waals surface area contributed by atoms with Crippen molar-refractivity contribution in [3.8, 4) is 6.01 Å². The lowest BCUT2D eigenvalue weighted by Crippen LogP contribution is -2.58. The zero-order chi connectivity index (χ0) is 30.3. The molecule has 0 radical (unpaired) electrons. The molecule has 0 bridgehead atoms. The van der Waals surface area contributed by atoms with Crippen LogP contribution in [-0.2, 0) is 22.5 Å². The number of ether oxygens (including phenoxy) is 2. The summed E-state index contributed by atoms with van der Waals surface area (Å²) in [5.74, 6) is 0.873. The number of piperazine rings is 1. The monoisotopic (exact) mass is 604 g/mol. The van der Waals surface area contributed by atoms with Gasteiger partial charge in [0, 0.05) is 54.9 Å². The molecule has 9 nitrogen and oxygen atoms in total. The number of benzene rings is 2. The molecule has 0 saturated carbocycles. The van der Waals surface area contributed by atoms with Gasteiger partial charge in [0.1, 0.15) is 12.4 Å². The summed E-state index contributed by atoms with van der Waals surface area (Å²) >= 11 is 6.72. The van der Waals surface area contributed by atoms with Crippen molar-refractivity contribution in [2.24, 2.45) is 5.41 Å². The summed E-state index contributed by atoms with van der Waals surface area (Å²) in [6.07, 6.45) is 2.20. The van der Waals surface area contributed by atoms with Gasteiger partial charge in [-0.15, -0.1) is 0 Å². The summed E-state index contributed by atoms with van der Waals surface area (Å²) in [4.78, 5) is 31.4. The summed E-state index contributed by atoms with van der Waals surface area (Å²) in [5.41, 5.74) is 3.14. The highest BCUT2D eigenvalue weighted by atomic mass is 35.5. The first kappa shape index (κ1) is 29.7. The van der Waals surface area contributed by atoms with Gasteiger partial charge in [-0.05, 0) is 58.0 Å². The fraction of sp³-hybridized carbons (Fsp3) is 0.485. The van der Waals surface area contributed by atoms with Gasteiger partial charge in [-0.3, -0.25) is 4.79 Å². The Bertz CT molecular complexity index is 1510. The molecule has 43 heavy (non-hydrogen) atoms. The Hall–Kier alpha value is -3.40. The SMILES string of the molecule is C=CC(=O)N1[C@H](C)CN(c2nc(OCC3(CN(C)C)COC3)nc3c2CCN(c2cccc4cccc(Cl)c24)C3)C[C@@H]1C. The predicted molar refractivity (Wildman–Crippen MR) is 171 cm³/mol. The van der Waals surface area contributed by atoms with E-state index < -0.39 is 0 Å². The molecule has 2 fully saturated rings. The van der Waals surface area contributed by atoms with Crippen LogP contribution in [0.25, 0.3) is 10.8 Å². The largest absolute Gasteiger partial charge is 0.463 e. The molecule has 3 aromatic rings. The highest BCUT2D eigenvalue weighted by Gasteiger charge is 2.41. The highest BCUT2D eigenvalue weighted by Crippen LogP contribution is 2.38. The van der Waals surface area contributed by atoms with Gasteiger partial charge >= 0.3 is 6.01 Å². The molecule has 0 N–H and O–H groups in total. The van der Waals surface area contributed by atoms with E-state index in [1.165, 1.54) is 6.08 Å². The Morgan fingerprint density at radius 1 is 1.14 bits per heavy atom. The lowest BCUT2D eigenvalue weighted by Gasteiger charge is -2.45. The van der Waals surface area contributed by atoms with Crippen molar-refractivity contribution < 1.29 is 14.3 Å². The van der Waals surface area contributed by atoms with Crippen LogP contribution < -0.4 is 14.5 Å². The standard InChI is InChI=1S/C33H41ClN6O3/c1-6-29(41)40-22(2)15-39(16-23(40)3)31-25-13-14-38(28-12-8-10-24-9-7-11-26(34)30(24)28)17-27(25)35-32(36-31)43-21-33(18-37(4)5)19-42-20-33/h6-12,22-23H,1,13-21H2,2-5H3/t22-,23+. The van der Waals surface area contributed by atoms with E-state index in [0.717, 1.165) is 58.1 Å². The normalized spacial score (nSPS) is 21.5. The number of fused-ring (bicyclic) bond motifs is 2. The van der Waals surface area contributed by atoms with E-state index in [1.807, 2.05) is 17.0 Å². The maximum atomic E-state index is 12.6. The number of nitrogens with zero attached hydrogens (tertiary/aromatic N) is 6. The number of rotatable bonds is 8. The van der Waals surface area contributed by atoms with Crippen LogP contribution in [0, 0.1) is 5.41 Å². The Morgan fingerprint density at radius 2 is 1.86 bits per heavy atom. The van der Waals surface area contributed by atoms with E-state index in [1.54, 1.807) is 0 Å². The first-order valence-corrected chi connectivity index (χ1v) is 15.4. The maximum Gasteiger partial charge on any atom is 0.318 e. The van der Waals surface area contributed by atoms with Crippen LogP contribution >= 0.6 is 11.6 Å². The van der Waals surface area contributed by atoms with Gasteiger partial charge in [-0.2, -0.15) is 9.97 Å². The second-order valence-corrected chi connectivity index (χ2v) is 13.0. The van der Waals surface area contributed by atoms with Crippen molar-refractivity contribution in [2.75, 3.05) is 69.9 Å². The average Bonchev–Trinajstić information content (AvgIpc) is 2.96. The Balaban J connectivity index is 1.35. The van der Waals surface area contributed by atoms with Crippen molar-refractivity contribution >= 4 is 39.8 Å². The highest BCUT2D eigenvalue weighted by molar-refractivity contribution is 6.36. The zero-order valence-electron chi connectivity index (χ0n) is 25.6. The number of hydrogen-bond donors (Lipinski definition) is 0. The van der Waals surface area contributed by atoms with Crippen LogP contribution in [0.2, 0.25) is 5.02 Å². The summed E-state index contributed by atoms with van der Waals surface area (Å²) in [5, 5.41) is 2.92. The number of aromatic nitrogens is 2. The van der Waals surface area contributed by atoms with Crippen molar-refractivity contribution in [1.82, 2.24) is 19.8 Å². The van der Waals surface area contributed by atoms with Crippen molar-refractivity contribution in [3.05, 3.63) is 65.3 Å². The topological polar surface area (TPSA) is 74.3 Å². The molecule has 0 unspecified atom stereocenters. The van der Waals surface area contributed by atoms with Crippen LogP contribution in [-0.4, -0.2) is 97.9 Å². The lowest BCUT2D eigenvalue weighted by atomic mass is 9.86. The number of amides is 1. The van der Waals surface area contributed by atoms with E-state index in [-0.39, 0.29) is 23.4 Å². The molecule has 2 aromatic carbocycles. The molecule has 0 aliphatic carbocycles. The fourth-order valence-electron chi connectivity index (χ4n) is 7.00. The number of carbonyl (C=O) groups is 1. The van der Waals surface area contributed by atoms with Crippen molar-refractivity contribution in [2.45, 2.75) is 38.9 Å². The predicted octanol–water partition coefficient (Wildman–Crippen LogP) is 4.41. The van der Waals surface area contributed by atoms with Gasteiger partial charge in [-0.25, -0.2) is 0 Å². The van der Waals surface area contributed by atoms with Crippen LogP contribution in [0.4, 0.5) is 11.5 Å². The van der Waals surface area contributed by atoms with Gasteiger partial charge < -0.3 is 29.1 Å². The molecule has 0 spiro atoms.